The van der Waals surface area contributed by atoms with E-state index in [4.69, 9.17) is 5.11 Å². The number of aromatic nitrogens is 5. The third-order valence-corrected chi connectivity index (χ3v) is 3.30. The zero-order chi connectivity index (χ0) is 16.2. The third kappa shape index (κ3) is 3.42. The van der Waals surface area contributed by atoms with E-state index in [2.05, 4.69) is 15.4 Å². The molecule has 0 bridgehead atoms. The zero-order valence-electron chi connectivity index (χ0n) is 12.1. The van der Waals surface area contributed by atoms with E-state index in [9.17, 15) is 9.18 Å². The van der Waals surface area contributed by atoms with Crippen LogP contribution in [0.25, 0.3) is 11.3 Å². The van der Waals surface area contributed by atoms with Crippen molar-refractivity contribution in [1.29, 1.82) is 0 Å². The lowest BCUT2D eigenvalue weighted by atomic mass is 10.1. The Morgan fingerprint density at radius 2 is 2.13 bits per heavy atom. The second-order valence-electron chi connectivity index (χ2n) is 4.99. The van der Waals surface area contributed by atoms with Gasteiger partial charge in [-0.3, -0.25) is 4.68 Å². The minimum absolute atomic E-state index is 0.204. The first-order valence-electron chi connectivity index (χ1n) is 6.97. The van der Waals surface area contributed by atoms with Crippen LogP contribution < -0.4 is 0 Å². The van der Waals surface area contributed by atoms with Crippen LogP contribution >= 0.6 is 0 Å². The van der Waals surface area contributed by atoms with Crippen LogP contribution in [0.15, 0.2) is 42.9 Å². The van der Waals surface area contributed by atoms with Gasteiger partial charge in [-0.2, -0.15) is 5.10 Å². The van der Waals surface area contributed by atoms with Gasteiger partial charge >= 0.3 is 5.97 Å². The molecule has 1 aromatic carbocycles. The molecule has 7 nitrogen and oxygen atoms in total. The first kappa shape index (κ1) is 14.9. The van der Waals surface area contributed by atoms with Gasteiger partial charge in [0.25, 0.3) is 0 Å². The highest BCUT2D eigenvalue weighted by molar-refractivity contribution is 5.87. The topological polar surface area (TPSA) is 85.8 Å². The van der Waals surface area contributed by atoms with Crippen molar-refractivity contribution >= 4 is 5.97 Å². The Morgan fingerprint density at radius 3 is 2.91 bits per heavy atom. The smallest absolute Gasteiger partial charge is 0.335 e. The molecule has 0 atom stereocenters. The lowest BCUT2D eigenvalue weighted by molar-refractivity contribution is 0.0696. The average molecular weight is 315 g/mol. The second kappa shape index (κ2) is 6.39. The molecule has 1 N–H and O–H groups in total. The summed E-state index contributed by atoms with van der Waals surface area (Å²) >= 11 is 0. The lowest BCUT2D eigenvalue weighted by Crippen LogP contribution is -2.03. The summed E-state index contributed by atoms with van der Waals surface area (Å²) in [4.78, 5) is 11.0. The molecule has 3 aromatic rings. The normalized spacial score (nSPS) is 10.8. The summed E-state index contributed by atoms with van der Waals surface area (Å²) in [6.07, 6.45) is 5.05. The van der Waals surface area contributed by atoms with Gasteiger partial charge in [-0.25, -0.2) is 13.9 Å². The number of hydrogen-bond donors (Lipinski definition) is 1. The van der Waals surface area contributed by atoms with Crippen LogP contribution in [0.2, 0.25) is 0 Å². The minimum atomic E-state index is -0.966. The largest absolute Gasteiger partial charge is 0.478 e. The van der Waals surface area contributed by atoms with E-state index in [0.717, 1.165) is 11.1 Å². The van der Waals surface area contributed by atoms with E-state index in [1.165, 1.54) is 10.7 Å². The number of alkyl halides is 1. The summed E-state index contributed by atoms with van der Waals surface area (Å²) in [6.45, 7) is 0.135. The molecule has 0 aliphatic carbocycles. The van der Waals surface area contributed by atoms with Crippen molar-refractivity contribution in [1.82, 2.24) is 24.8 Å². The van der Waals surface area contributed by atoms with Crippen LogP contribution in [0, 0.1) is 0 Å². The fraction of sp³-hybridized carbons (Fsp3) is 0.200. The Morgan fingerprint density at radius 1 is 1.26 bits per heavy atom. The summed E-state index contributed by atoms with van der Waals surface area (Å²) in [7, 11) is 0. The van der Waals surface area contributed by atoms with Gasteiger partial charge in [0.15, 0.2) is 0 Å². The molecule has 0 saturated heterocycles. The number of benzene rings is 1. The Hall–Kier alpha value is -3.03. The van der Waals surface area contributed by atoms with Crippen molar-refractivity contribution in [2.75, 3.05) is 6.67 Å². The van der Waals surface area contributed by atoms with E-state index in [1.54, 1.807) is 35.4 Å². The fourth-order valence-corrected chi connectivity index (χ4v) is 2.20. The van der Waals surface area contributed by atoms with Crippen molar-refractivity contribution in [2.45, 2.75) is 13.1 Å². The maximum Gasteiger partial charge on any atom is 0.335 e. The van der Waals surface area contributed by atoms with E-state index in [1.807, 2.05) is 6.07 Å². The van der Waals surface area contributed by atoms with Crippen molar-refractivity contribution < 1.29 is 14.3 Å². The van der Waals surface area contributed by atoms with Gasteiger partial charge in [-0.15, -0.1) is 5.10 Å². The zero-order valence-corrected chi connectivity index (χ0v) is 12.1. The predicted octanol–water partition coefficient (Wildman–Crippen LogP) is 1.86. The van der Waals surface area contributed by atoms with Crippen LogP contribution in [0.4, 0.5) is 4.39 Å². The summed E-state index contributed by atoms with van der Waals surface area (Å²) in [5.41, 5.74) is 2.43. The molecule has 0 aliphatic heterocycles. The molecule has 0 saturated carbocycles. The molecule has 2 heterocycles. The molecule has 118 valence electrons. The molecule has 2 aromatic heterocycles. The molecule has 3 rings (SSSR count). The van der Waals surface area contributed by atoms with E-state index in [-0.39, 0.29) is 12.1 Å². The van der Waals surface area contributed by atoms with Gasteiger partial charge in [0.2, 0.25) is 0 Å². The Kier molecular flexibility index (Phi) is 4.13. The van der Waals surface area contributed by atoms with Crippen molar-refractivity contribution in [3.8, 4) is 11.3 Å². The number of nitrogens with zero attached hydrogens (tertiary/aromatic N) is 5. The number of halogens is 1. The average Bonchev–Trinajstić information content (AvgIpc) is 3.17. The van der Waals surface area contributed by atoms with Gasteiger partial charge in [-0.1, -0.05) is 17.3 Å². The molecular formula is C15H14FN5O2. The fourth-order valence-electron chi connectivity index (χ4n) is 2.20. The molecular weight excluding hydrogens is 301 g/mol. The van der Waals surface area contributed by atoms with E-state index in [0.29, 0.717) is 12.2 Å². The summed E-state index contributed by atoms with van der Waals surface area (Å²) in [5, 5.41) is 21.1. The molecule has 0 radical (unpaired) electrons. The highest BCUT2D eigenvalue weighted by Crippen LogP contribution is 2.15. The summed E-state index contributed by atoms with van der Waals surface area (Å²) < 4.78 is 15.4. The number of aromatic carboxylic acids is 1. The van der Waals surface area contributed by atoms with Crippen molar-refractivity contribution in [3.63, 3.8) is 0 Å². The maximum atomic E-state index is 12.3. The minimum Gasteiger partial charge on any atom is -0.478 e. The molecule has 23 heavy (non-hydrogen) atoms. The Labute approximate surface area is 131 Å². The molecule has 0 fully saturated rings. The summed E-state index contributed by atoms with van der Waals surface area (Å²) in [6, 6.07) is 6.66. The number of aryl methyl sites for hydroxylation is 1. The molecule has 8 heteroatoms. The first-order valence-corrected chi connectivity index (χ1v) is 6.97. The van der Waals surface area contributed by atoms with Gasteiger partial charge in [-0.05, 0) is 17.7 Å². The van der Waals surface area contributed by atoms with Gasteiger partial charge in [0.05, 0.1) is 31.0 Å². The lowest BCUT2D eigenvalue weighted by Gasteiger charge is -2.02. The van der Waals surface area contributed by atoms with Crippen LogP contribution in [-0.4, -0.2) is 42.5 Å². The first-order chi connectivity index (χ1) is 11.2. The van der Waals surface area contributed by atoms with Gasteiger partial charge < -0.3 is 5.11 Å². The van der Waals surface area contributed by atoms with Crippen LogP contribution in [0.1, 0.15) is 15.9 Å². The van der Waals surface area contributed by atoms with Crippen LogP contribution in [0.5, 0.6) is 0 Å². The number of hydrogen-bond acceptors (Lipinski definition) is 4. The molecule has 0 amide bonds. The quantitative estimate of drug-likeness (QED) is 0.750. The highest BCUT2D eigenvalue weighted by Gasteiger charge is 2.08. The van der Waals surface area contributed by atoms with Gasteiger partial charge in [0, 0.05) is 11.8 Å². The number of carboxylic acids is 1. The highest BCUT2D eigenvalue weighted by atomic mass is 19.1. The molecule has 0 aliphatic rings. The SMILES string of the molecule is O=C(O)c1cccc(Cn2cc(-c3cnn(CCF)c3)nn2)c1. The van der Waals surface area contributed by atoms with E-state index < -0.39 is 12.6 Å². The number of carbonyl (C=O) groups is 1. The number of carboxylic acid groups (broad SMARTS) is 1. The van der Waals surface area contributed by atoms with Crippen LogP contribution in [-0.2, 0) is 13.1 Å². The van der Waals surface area contributed by atoms with Crippen molar-refractivity contribution in [3.05, 3.63) is 54.0 Å². The van der Waals surface area contributed by atoms with Crippen LogP contribution in [0.3, 0.4) is 0 Å². The maximum absolute atomic E-state index is 12.3. The third-order valence-electron chi connectivity index (χ3n) is 3.30. The standard InChI is InChI=1S/C15H14FN5O2/c16-4-5-20-9-13(7-17-20)14-10-21(19-18-14)8-11-2-1-3-12(6-11)15(22)23/h1-3,6-7,9-10H,4-5,8H2,(H,22,23). The van der Waals surface area contributed by atoms with Gasteiger partial charge in [0.1, 0.15) is 12.4 Å². The monoisotopic (exact) mass is 315 g/mol. The Bertz CT molecular complexity index is 827. The van der Waals surface area contributed by atoms with E-state index >= 15 is 0 Å². The molecule has 0 unspecified atom stereocenters. The predicted molar refractivity (Wildman–Crippen MR) is 79.7 cm³/mol. The molecule has 0 spiro atoms. The van der Waals surface area contributed by atoms with Crippen molar-refractivity contribution in [2.24, 2.45) is 0 Å². The second-order valence-corrected chi connectivity index (χ2v) is 4.99. The number of rotatable bonds is 6. The Balaban J connectivity index is 1.76. The summed E-state index contributed by atoms with van der Waals surface area (Å²) in [5.74, 6) is -0.966.